The largest absolute Gasteiger partial charge is 0.354 e. The highest BCUT2D eigenvalue weighted by Crippen LogP contribution is 2.19. The average Bonchev–Trinajstić information content (AvgIpc) is 1.90. The first-order chi connectivity index (χ1) is 4.26. The van der Waals surface area contributed by atoms with E-state index in [0.717, 1.165) is 0 Å². The van der Waals surface area contributed by atoms with Gasteiger partial charge in [-0.15, -0.1) is 11.8 Å². The summed E-state index contributed by atoms with van der Waals surface area (Å²) >= 11 is 5.03. The van der Waals surface area contributed by atoms with Crippen LogP contribution >= 0.6 is 27.7 Å². The second-order valence-electron chi connectivity index (χ2n) is 1.43. The molecule has 0 rings (SSSR count). The number of halogens is 1. The molecule has 0 aromatic heterocycles. The Bertz CT molecular complexity index is 68.0. The van der Waals surface area contributed by atoms with Crippen molar-refractivity contribution in [2.45, 2.75) is 10.4 Å². The van der Waals surface area contributed by atoms with Crippen LogP contribution in [0.2, 0.25) is 0 Å². The van der Waals surface area contributed by atoms with Gasteiger partial charge in [0.25, 0.3) is 0 Å². The highest BCUT2D eigenvalue weighted by molar-refractivity contribution is 9.11. The molecule has 0 saturated heterocycles. The van der Waals surface area contributed by atoms with Gasteiger partial charge in [0.2, 0.25) is 0 Å². The van der Waals surface area contributed by atoms with E-state index in [4.69, 9.17) is 9.47 Å². The summed E-state index contributed by atoms with van der Waals surface area (Å²) in [6.07, 6.45) is 1.84. The number of rotatable bonds is 4. The number of thioether (sulfide) groups is 1. The van der Waals surface area contributed by atoms with Crippen LogP contribution in [0.15, 0.2) is 0 Å². The first-order valence-electron chi connectivity index (χ1n) is 2.48. The van der Waals surface area contributed by atoms with Crippen LogP contribution in [0.4, 0.5) is 0 Å². The Labute approximate surface area is 68.4 Å². The molecule has 0 aliphatic heterocycles. The third-order valence-corrected chi connectivity index (χ3v) is 3.13. The Hall–Kier alpha value is 0.750. The summed E-state index contributed by atoms with van der Waals surface area (Å²) in [6, 6.07) is 0. The zero-order valence-electron chi connectivity index (χ0n) is 5.76. The van der Waals surface area contributed by atoms with Crippen molar-refractivity contribution in [1.29, 1.82) is 0 Å². The molecule has 1 unspecified atom stereocenters. The molecule has 0 N–H and O–H groups in total. The molecule has 9 heavy (non-hydrogen) atoms. The van der Waals surface area contributed by atoms with E-state index in [2.05, 4.69) is 15.9 Å². The van der Waals surface area contributed by atoms with Gasteiger partial charge in [-0.1, -0.05) is 15.9 Å². The van der Waals surface area contributed by atoms with Crippen LogP contribution < -0.4 is 0 Å². The van der Waals surface area contributed by atoms with Gasteiger partial charge in [-0.25, -0.2) is 0 Å². The fraction of sp³-hybridized carbons (Fsp3) is 1.00. The molecular formula is C5H11BrO2S. The molecular weight excluding hydrogens is 204 g/mol. The molecule has 0 amide bonds. The SMILES string of the molecule is COC(OC)C(Br)SC. The zero-order valence-corrected chi connectivity index (χ0v) is 8.16. The summed E-state index contributed by atoms with van der Waals surface area (Å²) < 4.78 is 10.1. The maximum Gasteiger partial charge on any atom is 0.178 e. The van der Waals surface area contributed by atoms with Crippen molar-refractivity contribution in [2.75, 3.05) is 20.5 Å². The molecule has 4 heteroatoms. The summed E-state index contributed by atoms with van der Waals surface area (Å²) in [7, 11) is 3.25. The second-order valence-corrected chi connectivity index (χ2v) is 4.00. The lowest BCUT2D eigenvalue weighted by atomic mass is 10.7. The molecule has 0 radical (unpaired) electrons. The molecule has 0 fully saturated rings. The van der Waals surface area contributed by atoms with Gasteiger partial charge in [-0.05, 0) is 6.26 Å². The van der Waals surface area contributed by atoms with Gasteiger partial charge < -0.3 is 9.47 Å². The normalized spacial score (nSPS) is 14.3. The van der Waals surface area contributed by atoms with Crippen molar-refractivity contribution in [3.63, 3.8) is 0 Å². The third kappa shape index (κ3) is 3.45. The van der Waals surface area contributed by atoms with Crippen molar-refractivity contribution < 1.29 is 9.47 Å². The van der Waals surface area contributed by atoms with Gasteiger partial charge in [0, 0.05) is 14.2 Å². The number of alkyl halides is 1. The molecule has 0 heterocycles. The molecule has 0 saturated carbocycles. The average molecular weight is 215 g/mol. The van der Waals surface area contributed by atoms with Crippen LogP contribution in [0.25, 0.3) is 0 Å². The minimum Gasteiger partial charge on any atom is -0.354 e. The van der Waals surface area contributed by atoms with Crippen molar-refractivity contribution in [3.8, 4) is 0 Å². The maximum absolute atomic E-state index is 4.96. The molecule has 56 valence electrons. The fourth-order valence-corrected chi connectivity index (χ4v) is 1.30. The summed E-state index contributed by atoms with van der Waals surface area (Å²) in [5, 5.41) is 0. The smallest absolute Gasteiger partial charge is 0.178 e. The van der Waals surface area contributed by atoms with Crippen LogP contribution in [-0.2, 0) is 9.47 Å². The van der Waals surface area contributed by atoms with Crippen LogP contribution in [0.3, 0.4) is 0 Å². The number of methoxy groups -OCH3 is 2. The minimum atomic E-state index is -0.153. The molecule has 1 atom stereocenters. The summed E-state index contributed by atoms with van der Waals surface area (Å²) in [4.78, 5) is 0. The lowest BCUT2D eigenvalue weighted by Crippen LogP contribution is -2.21. The Morgan fingerprint density at radius 1 is 1.33 bits per heavy atom. The van der Waals surface area contributed by atoms with Gasteiger partial charge in [0.15, 0.2) is 6.29 Å². The lowest BCUT2D eigenvalue weighted by Gasteiger charge is -2.16. The van der Waals surface area contributed by atoms with Crippen molar-refractivity contribution >= 4 is 27.7 Å². The Balaban J connectivity index is 3.50. The van der Waals surface area contributed by atoms with E-state index >= 15 is 0 Å². The number of ether oxygens (including phenoxy) is 2. The Kier molecular flexibility index (Phi) is 5.99. The molecule has 0 aromatic carbocycles. The first kappa shape index (κ1) is 9.75. The van der Waals surface area contributed by atoms with Crippen LogP contribution in [0.1, 0.15) is 0 Å². The van der Waals surface area contributed by atoms with Gasteiger partial charge >= 0.3 is 0 Å². The molecule has 0 aromatic rings. The number of hydrogen-bond acceptors (Lipinski definition) is 3. The molecule has 2 nitrogen and oxygen atoms in total. The standard InChI is InChI=1S/C5H11BrO2S/c1-7-5(8-2)4(6)9-3/h4-5H,1-3H3. The zero-order chi connectivity index (χ0) is 7.28. The Morgan fingerprint density at radius 2 is 1.78 bits per heavy atom. The highest BCUT2D eigenvalue weighted by atomic mass is 79.9. The highest BCUT2D eigenvalue weighted by Gasteiger charge is 2.14. The van der Waals surface area contributed by atoms with Crippen molar-refractivity contribution in [2.24, 2.45) is 0 Å². The van der Waals surface area contributed by atoms with Crippen LogP contribution in [0, 0.1) is 0 Å². The molecule has 0 aliphatic carbocycles. The van der Waals surface area contributed by atoms with E-state index in [-0.39, 0.29) is 10.4 Å². The quantitative estimate of drug-likeness (QED) is 0.525. The van der Waals surface area contributed by atoms with E-state index in [1.807, 2.05) is 6.26 Å². The molecule has 0 bridgehead atoms. The molecule has 0 aliphatic rings. The summed E-state index contributed by atoms with van der Waals surface area (Å²) in [6.45, 7) is 0. The van der Waals surface area contributed by atoms with Gasteiger partial charge in [-0.2, -0.15) is 0 Å². The Morgan fingerprint density at radius 3 is 1.89 bits per heavy atom. The van der Waals surface area contributed by atoms with E-state index < -0.39 is 0 Å². The molecule has 0 spiro atoms. The topological polar surface area (TPSA) is 18.5 Å². The van der Waals surface area contributed by atoms with E-state index in [1.54, 1.807) is 26.0 Å². The predicted molar refractivity (Wildman–Crippen MR) is 44.0 cm³/mol. The monoisotopic (exact) mass is 214 g/mol. The third-order valence-electron chi connectivity index (χ3n) is 0.904. The van der Waals surface area contributed by atoms with Crippen molar-refractivity contribution in [3.05, 3.63) is 0 Å². The summed E-state index contributed by atoms with van der Waals surface area (Å²) in [5.41, 5.74) is 0. The van der Waals surface area contributed by atoms with Gasteiger partial charge in [0.1, 0.15) is 4.16 Å². The van der Waals surface area contributed by atoms with Crippen LogP contribution in [-0.4, -0.2) is 30.9 Å². The lowest BCUT2D eigenvalue weighted by molar-refractivity contribution is -0.0884. The predicted octanol–water partition coefficient (Wildman–Crippen LogP) is 1.69. The van der Waals surface area contributed by atoms with E-state index in [1.165, 1.54) is 0 Å². The van der Waals surface area contributed by atoms with Crippen LogP contribution in [0.5, 0.6) is 0 Å². The second kappa shape index (κ2) is 5.53. The van der Waals surface area contributed by atoms with E-state index in [0.29, 0.717) is 0 Å². The van der Waals surface area contributed by atoms with Crippen molar-refractivity contribution in [1.82, 2.24) is 0 Å². The van der Waals surface area contributed by atoms with Gasteiger partial charge in [-0.3, -0.25) is 0 Å². The first-order valence-corrected chi connectivity index (χ1v) is 4.69. The van der Waals surface area contributed by atoms with E-state index in [9.17, 15) is 0 Å². The summed E-state index contributed by atoms with van der Waals surface area (Å²) in [5.74, 6) is 0. The minimum absolute atomic E-state index is 0.153. The fourth-order valence-electron chi connectivity index (χ4n) is 0.421. The maximum atomic E-state index is 4.96. The number of hydrogen-bond donors (Lipinski definition) is 0. The van der Waals surface area contributed by atoms with Gasteiger partial charge in [0.05, 0.1) is 0 Å².